The molecule has 3 aromatic rings. The molecule has 1 aliphatic rings. The largest absolute Gasteiger partial charge is 0.386 e. The molecular formula is C25H29Cl2N3O2. The molecule has 4 rings (SSSR count). The Bertz CT molecular complexity index is 1120. The van der Waals surface area contributed by atoms with E-state index in [1.165, 1.54) is 19.3 Å². The maximum atomic E-state index is 12.9. The Morgan fingerprint density at radius 2 is 1.78 bits per heavy atom. The lowest BCUT2D eigenvalue weighted by Crippen LogP contribution is -2.21. The average Bonchev–Trinajstić information content (AvgIpc) is 3.15. The van der Waals surface area contributed by atoms with Gasteiger partial charge in [0.25, 0.3) is 5.91 Å². The first-order valence-corrected chi connectivity index (χ1v) is 11.9. The maximum Gasteiger partial charge on any atom is 0.255 e. The van der Waals surface area contributed by atoms with E-state index in [-0.39, 0.29) is 5.91 Å². The summed E-state index contributed by atoms with van der Waals surface area (Å²) in [4.78, 5) is 12.9. The van der Waals surface area contributed by atoms with Crippen LogP contribution in [0.4, 0.5) is 5.69 Å². The molecule has 170 valence electrons. The van der Waals surface area contributed by atoms with Crippen LogP contribution in [-0.4, -0.2) is 20.8 Å². The summed E-state index contributed by atoms with van der Waals surface area (Å²) in [7, 11) is 0. The van der Waals surface area contributed by atoms with Crippen LogP contribution in [0.2, 0.25) is 10.0 Å². The predicted octanol–water partition coefficient (Wildman–Crippen LogP) is 6.96. The second-order valence-electron chi connectivity index (χ2n) is 9.32. The van der Waals surface area contributed by atoms with Gasteiger partial charge in [0.05, 0.1) is 17.2 Å². The lowest BCUT2D eigenvalue weighted by molar-refractivity contribution is 0.0794. The minimum absolute atomic E-state index is 0.343. The number of hydrogen-bond acceptors (Lipinski definition) is 3. The van der Waals surface area contributed by atoms with Crippen molar-refractivity contribution in [1.29, 1.82) is 0 Å². The smallest absolute Gasteiger partial charge is 0.255 e. The summed E-state index contributed by atoms with van der Waals surface area (Å²) < 4.78 is 2.06. The average molecular weight is 474 g/mol. The molecule has 2 aromatic carbocycles. The summed E-state index contributed by atoms with van der Waals surface area (Å²) in [5.41, 5.74) is 1.15. The lowest BCUT2D eigenvalue weighted by Gasteiger charge is -2.27. The first-order chi connectivity index (χ1) is 15.1. The van der Waals surface area contributed by atoms with Crippen LogP contribution >= 0.6 is 23.2 Å². The van der Waals surface area contributed by atoms with Crippen LogP contribution in [0.5, 0.6) is 0 Å². The van der Waals surface area contributed by atoms with E-state index in [1.54, 1.807) is 32.0 Å². The zero-order valence-corrected chi connectivity index (χ0v) is 20.2. The van der Waals surface area contributed by atoms with Gasteiger partial charge in [0, 0.05) is 38.4 Å². The molecule has 1 fully saturated rings. The Hall–Kier alpha value is -2.08. The van der Waals surface area contributed by atoms with Crippen LogP contribution in [-0.2, 0) is 5.60 Å². The minimum atomic E-state index is -1.16. The number of anilines is 1. The van der Waals surface area contributed by atoms with Crippen LogP contribution in [0.15, 0.2) is 36.5 Å². The van der Waals surface area contributed by atoms with Gasteiger partial charge < -0.3 is 10.4 Å². The maximum absolute atomic E-state index is 12.9. The van der Waals surface area contributed by atoms with Crippen molar-refractivity contribution in [2.24, 2.45) is 5.92 Å². The number of aliphatic hydroxyl groups is 1. The van der Waals surface area contributed by atoms with Crippen molar-refractivity contribution in [1.82, 2.24) is 9.78 Å². The Kier molecular flexibility index (Phi) is 6.53. The Labute approximate surface area is 198 Å². The van der Waals surface area contributed by atoms with Crippen LogP contribution < -0.4 is 5.32 Å². The molecule has 0 atom stereocenters. The second kappa shape index (κ2) is 9.05. The number of hydrogen-bond donors (Lipinski definition) is 2. The number of benzene rings is 2. The molecular weight excluding hydrogens is 445 g/mol. The van der Waals surface area contributed by atoms with Crippen LogP contribution in [0.1, 0.15) is 74.8 Å². The fourth-order valence-corrected chi connectivity index (χ4v) is 5.11. The fourth-order valence-electron chi connectivity index (χ4n) is 4.58. The van der Waals surface area contributed by atoms with Crippen molar-refractivity contribution in [3.8, 4) is 0 Å². The molecule has 5 nitrogen and oxygen atoms in total. The van der Waals surface area contributed by atoms with Crippen LogP contribution in [0.3, 0.4) is 0 Å². The highest BCUT2D eigenvalue weighted by molar-refractivity contribution is 6.35. The van der Waals surface area contributed by atoms with E-state index in [1.807, 2.05) is 18.3 Å². The second-order valence-corrected chi connectivity index (χ2v) is 10.2. The van der Waals surface area contributed by atoms with Crippen LogP contribution in [0, 0.1) is 5.92 Å². The summed E-state index contributed by atoms with van der Waals surface area (Å²) in [6, 6.07) is 8.85. The van der Waals surface area contributed by atoms with E-state index >= 15 is 0 Å². The zero-order valence-electron chi connectivity index (χ0n) is 18.7. The van der Waals surface area contributed by atoms with Gasteiger partial charge in [-0.2, -0.15) is 5.10 Å². The van der Waals surface area contributed by atoms with Crippen molar-refractivity contribution in [2.45, 2.75) is 64.5 Å². The molecule has 32 heavy (non-hydrogen) atoms. The molecule has 1 aromatic heterocycles. The van der Waals surface area contributed by atoms with Crippen molar-refractivity contribution in [3.63, 3.8) is 0 Å². The molecule has 0 aliphatic heterocycles. The number of nitrogens with zero attached hydrogens (tertiary/aromatic N) is 2. The van der Waals surface area contributed by atoms with E-state index in [0.717, 1.165) is 29.7 Å². The molecule has 0 saturated heterocycles. The first-order valence-electron chi connectivity index (χ1n) is 11.2. The normalized spacial score (nSPS) is 19.3. The SMILES string of the molecule is CCC1CCC(n2cc3cc(NC(=O)c4cc(Cl)cc(Cl)c4)c(C(C)(C)O)cc3n2)CC1. The Balaban J connectivity index is 1.67. The van der Waals surface area contributed by atoms with Crippen molar-refractivity contribution in [3.05, 3.63) is 57.7 Å². The van der Waals surface area contributed by atoms with Gasteiger partial charge in [-0.15, -0.1) is 0 Å². The van der Waals surface area contributed by atoms with Gasteiger partial charge in [0.1, 0.15) is 0 Å². The molecule has 0 bridgehead atoms. The van der Waals surface area contributed by atoms with Gasteiger partial charge in [0.15, 0.2) is 0 Å². The van der Waals surface area contributed by atoms with Gasteiger partial charge in [-0.05, 0) is 75.8 Å². The minimum Gasteiger partial charge on any atom is -0.386 e. The summed E-state index contributed by atoms with van der Waals surface area (Å²) in [6.45, 7) is 5.66. The van der Waals surface area contributed by atoms with Gasteiger partial charge in [-0.3, -0.25) is 9.48 Å². The van der Waals surface area contributed by atoms with Crippen molar-refractivity contribution in [2.75, 3.05) is 5.32 Å². The Morgan fingerprint density at radius 1 is 1.12 bits per heavy atom. The van der Waals surface area contributed by atoms with Crippen LogP contribution in [0.25, 0.3) is 10.9 Å². The number of rotatable bonds is 5. The topological polar surface area (TPSA) is 67.2 Å². The fraction of sp³-hybridized carbons (Fsp3) is 0.440. The number of carbonyl (C=O) groups excluding carboxylic acids is 1. The molecule has 1 amide bonds. The summed E-state index contributed by atoms with van der Waals surface area (Å²) in [5, 5.41) is 20.2. The van der Waals surface area contributed by atoms with Gasteiger partial charge >= 0.3 is 0 Å². The standard InChI is InChI=1S/C25H29Cl2N3O2/c1-4-15-5-7-20(8-6-15)30-14-17-11-23(21(25(2,3)32)13-22(17)29-30)28-24(31)16-9-18(26)12-19(27)10-16/h9-15,20,32H,4-8H2,1-3H3,(H,28,31). The molecule has 0 spiro atoms. The number of fused-ring (bicyclic) bond motifs is 1. The molecule has 0 radical (unpaired) electrons. The van der Waals surface area contributed by atoms with Crippen molar-refractivity contribution >= 4 is 45.7 Å². The summed E-state index contributed by atoms with van der Waals surface area (Å²) >= 11 is 12.1. The van der Waals surface area contributed by atoms with E-state index in [0.29, 0.717) is 32.9 Å². The first kappa shape index (κ1) is 23.1. The third kappa shape index (κ3) is 4.95. The Morgan fingerprint density at radius 3 is 2.38 bits per heavy atom. The zero-order chi connectivity index (χ0) is 23.0. The highest BCUT2D eigenvalue weighted by Gasteiger charge is 2.25. The number of carbonyl (C=O) groups is 1. The molecule has 2 N–H and O–H groups in total. The highest BCUT2D eigenvalue weighted by Crippen LogP contribution is 2.36. The molecule has 0 unspecified atom stereocenters. The summed E-state index contributed by atoms with van der Waals surface area (Å²) in [6.07, 6.45) is 8.01. The summed E-state index contributed by atoms with van der Waals surface area (Å²) in [5.74, 6) is 0.476. The monoisotopic (exact) mass is 473 g/mol. The van der Waals surface area contributed by atoms with Gasteiger partial charge in [-0.1, -0.05) is 36.5 Å². The number of amides is 1. The quantitative estimate of drug-likeness (QED) is 0.420. The molecule has 1 saturated carbocycles. The van der Waals surface area contributed by atoms with Gasteiger partial charge in [-0.25, -0.2) is 0 Å². The van der Waals surface area contributed by atoms with Gasteiger partial charge in [0.2, 0.25) is 0 Å². The number of aromatic nitrogens is 2. The number of nitrogens with one attached hydrogen (secondary N) is 1. The third-order valence-electron chi connectivity index (χ3n) is 6.46. The predicted molar refractivity (Wildman–Crippen MR) is 131 cm³/mol. The molecule has 1 heterocycles. The lowest BCUT2D eigenvalue weighted by atomic mass is 9.85. The van der Waals surface area contributed by atoms with E-state index < -0.39 is 5.60 Å². The third-order valence-corrected chi connectivity index (χ3v) is 6.90. The van der Waals surface area contributed by atoms with E-state index in [2.05, 4.69) is 16.9 Å². The number of halogens is 2. The highest BCUT2D eigenvalue weighted by atomic mass is 35.5. The van der Waals surface area contributed by atoms with E-state index in [9.17, 15) is 9.90 Å². The van der Waals surface area contributed by atoms with E-state index in [4.69, 9.17) is 28.3 Å². The molecule has 7 heteroatoms. The molecule has 1 aliphatic carbocycles. The van der Waals surface area contributed by atoms with Crippen molar-refractivity contribution < 1.29 is 9.90 Å².